The summed E-state index contributed by atoms with van der Waals surface area (Å²) >= 11 is 1.61. The number of nitrogens with one attached hydrogen (secondary N) is 1. The summed E-state index contributed by atoms with van der Waals surface area (Å²) < 4.78 is 28.5. The number of aliphatic hydroxyl groups is 1. The van der Waals surface area contributed by atoms with E-state index in [4.69, 9.17) is 5.11 Å². The van der Waals surface area contributed by atoms with Crippen molar-refractivity contribution in [1.29, 1.82) is 0 Å². The molecule has 0 fully saturated rings. The topological polar surface area (TPSA) is 84.2 Å². The van der Waals surface area contributed by atoms with Gasteiger partial charge in [-0.1, -0.05) is 19.9 Å². The number of aliphatic hydroxyl groups excluding tert-OH is 1. The zero-order valence-corrected chi connectivity index (χ0v) is 13.6. The molecule has 6 nitrogen and oxygen atoms in total. The zero-order valence-electron chi connectivity index (χ0n) is 12.0. The van der Waals surface area contributed by atoms with E-state index in [2.05, 4.69) is 9.82 Å². The van der Waals surface area contributed by atoms with Gasteiger partial charge in [-0.15, -0.1) is 11.3 Å². The Morgan fingerprint density at radius 3 is 2.86 bits per heavy atom. The first kappa shape index (κ1) is 16.2. The van der Waals surface area contributed by atoms with Gasteiger partial charge in [0.25, 0.3) is 0 Å². The first-order chi connectivity index (χ1) is 9.85. The van der Waals surface area contributed by atoms with Gasteiger partial charge in [0.15, 0.2) is 0 Å². The van der Waals surface area contributed by atoms with Crippen LogP contribution in [0.4, 0.5) is 0 Å². The number of hydrogen-bond donors (Lipinski definition) is 2. The minimum absolute atomic E-state index is 0.0833. The van der Waals surface area contributed by atoms with Crippen LogP contribution in [0.15, 0.2) is 34.8 Å². The summed E-state index contributed by atoms with van der Waals surface area (Å²) in [7, 11) is -3.59. The van der Waals surface area contributed by atoms with E-state index in [-0.39, 0.29) is 23.5 Å². The van der Waals surface area contributed by atoms with E-state index in [0.717, 1.165) is 4.88 Å². The van der Waals surface area contributed by atoms with Gasteiger partial charge in [-0.3, -0.25) is 4.68 Å². The molecule has 2 rings (SSSR count). The molecule has 0 saturated carbocycles. The van der Waals surface area contributed by atoms with Crippen LogP contribution in [0.3, 0.4) is 0 Å². The summed E-state index contributed by atoms with van der Waals surface area (Å²) in [6.45, 7) is 4.49. The van der Waals surface area contributed by atoms with Gasteiger partial charge in [-0.05, 0) is 11.4 Å². The van der Waals surface area contributed by atoms with E-state index < -0.39 is 10.0 Å². The number of thiophene rings is 1. The molecule has 0 saturated heterocycles. The molecule has 0 atom stereocenters. The lowest BCUT2D eigenvalue weighted by molar-refractivity contribution is 0.269. The van der Waals surface area contributed by atoms with Crippen LogP contribution in [0, 0.1) is 0 Å². The van der Waals surface area contributed by atoms with Gasteiger partial charge in [0.2, 0.25) is 10.0 Å². The minimum atomic E-state index is -3.59. The van der Waals surface area contributed by atoms with E-state index in [1.807, 2.05) is 31.4 Å². The Kier molecular flexibility index (Phi) is 4.82. The highest BCUT2D eigenvalue weighted by Crippen LogP contribution is 2.27. The molecule has 21 heavy (non-hydrogen) atoms. The Hall–Kier alpha value is -1.22. The van der Waals surface area contributed by atoms with Crippen LogP contribution in [0.2, 0.25) is 0 Å². The van der Waals surface area contributed by atoms with Crippen molar-refractivity contribution in [3.63, 3.8) is 0 Å². The van der Waals surface area contributed by atoms with Crippen molar-refractivity contribution in [3.8, 4) is 0 Å². The van der Waals surface area contributed by atoms with Gasteiger partial charge in [-0.25, -0.2) is 13.1 Å². The van der Waals surface area contributed by atoms with Gasteiger partial charge in [0.1, 0.15) is 4.90 Å². The zero-order chi connectivity index (χ0) is 15.5. The lowest BCUT2D eigenvalue weighted by atomic mass is 9.92. The third kappa shape index (κ3) is 3.91. The minimum Gasteiger partial charge on any atom is -0.394 e. The van der Waals surface area contributed by atoms with E-state index in [1.54, 1.807) is 11.3 Å². The van der Waals surface area contributed by atoms with Crippen molar-refractivity contribution < 1.29 is 13.5 Å². The molecule has 0 aliphatic carbocycles. The molecule has 2 aromatic heterocycles. The van der Waals surface area contributed by atoms with Gasteiger partial charge in [0.05, 0.1) is 19.3 Å². The lowest BCUT2D eigenvalue weighted by Crippen LogP contribution is -2.36. The molecule has 0 unspecified atom stereocenters. The van der Waals surface area contributed by atoms with Crippen LogP contribution >= 0.6 is 11.3 Å². The molecule has 0 aliphatic rings. The Bertz CT molecular complexity index is 675. The van der Waals surface area contributed by atoms with Gasteiger partial charge in [-0.2, -0.15) is 5.10 Å². The molecule has 0 radical (unpaired) electrons. The summed E-state index contributed by atoms with van der Waals surface area (Å²) in [5.41, 5.74) is -0.275. The predicted molar refractivity (Wildman–Crippen MR) is 81.8 cm³/mol. The Labute approximate surface area is 128 Å². The fourth-order valence-corrected chi connectivity index (χ4v) is 3.83. The van der Waals surface area contributed by atoms with Gasteiger partial charge < -0.3 is 5.11 Å². The first-order valence-corrected chi connectivity index (χ1v) is 8.88. The lowest BCUT2D eigenvalue weighted by Gasteiger charge is -2.23. The highest BCUT2D eigenvalue weighted by atomic mass is 32.2. The van der Waals surface area contributed by atoms with Crippen molar-refractivity contribution in [2.75, 3.05) is 13.2 Å². The molecule has 0 aromatic carbocycles. The molecule has 0 bridgehead atoms. The van der Waals surface area contributed by atoms with Crippen LogP contribution in [-0.2, 0) is 22.0 Å². The number of nitrogens with zero attached hydrogens (tertiary/aromatic N) is 2. The van der Waals surface area contributed by atoms with Crippen molar-refractivity contribution in [1.82, 2.24) is 14.5 Å². The second-order valence-electron chi connectivity index (χ2n) is 5.35. The van der Waals surface area contributed by atoms with Crippen molar-refractivity contribution in [2.45, 2.75) is 30.7 Å². The van der Waals surface area contributed by atoms with E-state index in [9.17, 15) is 8.42 Å². The molecule has 0 aliphatic heterocycles. The van der Waals surface area contributed by atoms with Crippen molar-refractivity contribution >= 4 is 21.4 Å². The molecule has 8 heteroatoms. The maximum Gasteiger partial charge on any atom is 0.243 e. The maximum atomic E-state index is 12.2. The summed E-state index contributed by atoms with van der Waals surface area (Å²) in [5, 5.41) is 14.7. The van der Waals surface area contributed by atoms with Crippen LogP contribution in [0.1, 0.15) is 18.7 Å². The number of sulfonamides is 1. The van der Waals surface area contributed by atoms with E-state index in [1.165, 1.54) is 17.1 Å². The standard InChI is InChI=1S/C13H19N3O3S2/c1-13(2,12-4-3-7-20-12)10-15-21(18,19)11-8-14-16(9-11)5-6-17/h3-4,7-9,15,17H,5-6,10H2,1-2H3. The third-order valence-corrected chi connectivity index (χ3v) is 5.73. The fourth-order valence-electron chi connectivity index (χ4n) is 1.82. The average Bonchev–Trinajstić information content (AvgIpc) is 3.08. The van der Waals surface area contributed by atoms with Crippen LogP contribution in [0.25, 0.3) is 0 Å². The molecule has 116 valence electrons. The van der Waals surface area contributed by atoms with E-state index >= 15 is 0 Å². The van der Waals surface area contributed by atoms with Crippen LogP contribution in [0.5, 0.6) is 0 Å². The van der Waals surface area contributed by atoms with Crippen molar-refractivity contribution in [2.24, 2.45) is 0 Å². The third-order valence-electron chi connectivity index (χ3n) is 3.14. The smallest absolute Gasteiger partial charge is 0.243 e. The monoisotopic (exact) mass is 329 g/mol. The van der Waals surface area contributed by atoms with Gasteiger partial charge in [0, 0.05) is 23.0 Å². The van der Waals surface area contributed by atoms with Gasteiger partial charge >= 0.3 is 0 Å². The number of aromatic nitrogens is 2. The van der Waals surface area contributed by atoms with E-state index in [0.29, 0.717) is 6.54 Å². The Morgan fingerprint density at radius 2 is 2.24 bits per heavy atom. The Morgan fingerprint density at radius 1 is 1.48 bits per heavy atom. The molecular weight excluding hydrogens is 310 g/mol. The summed E-state index contributed by atoms with van der Waals surface area (Å²) in [5.74, 6) is 0. The molecule has 2 heterocycles. The molecule has 2 N–H and O–H groups in total. The van der Waals surface area contributed by atoms with Crippen molar-refractivity contribution in [3.05, 3.63) is 34.8 Å². The second kappa shape index (κ2) is 6.27. The first-order valence-electron chi connectivity index (χ1n) is 6.52. The molecular formula is C13H19N3O3S2. The average molecular weight is 329 g/mol. The number of hydrogen-bond acceptors (Lipinski definition) is 5. The maximum absolute atomic E-state index is 12.2. The predicted octanol–water partition coefficient (Wildman–Crippen LogP) is 1.19. The summed E-state index contributed by atoms with van der Waals surface area (Å²) in [6, 6.07) is 3.95. The normalized spacial score (nSPS) is 12.7. The SMILES string of the molecule is CC(C)(CNS(=O)(=O)c1cnn(CCO)c1)c1cccs1. The molecule has 2 aromatic rings. The molecule has 0 amide bonds. The van der Waals surface area contributed by atoms with Crippen LogP contribution in [-0.4, -0.2) is 36.5 Å². The number of rotatable bonds is 7. The Balaban J connectivity index is 2.07. The second-order valence-corrected chi connectivity index (χ2v) is 8.06. The van der Waals surface area contributed by atoms with Crippen LogP contribution < -0.4 is 4.72 Å². The quantitative estimate of drug-likeness (QED) is 0.799. The highest BCUT2D eigenvalue weighted by Gasteiger charge is 2.25. The summed E-state index contributed by atoms with van der Waals surface area (Å²) in [4.78, 5) is 1.24. The summed E-state index contributed by atoms with van der Waals surface area (Å²) in [6.07, 6.45) is 2.70. The molecule has 0 spiro atoms. The highest BCUT2D eigenvalue weighted by molar-refractivity contribution is 7.89. The fraction of sp³-hybridized carbons (Fsp3) is 0.462. The largest absolute Gasteiger partial charge is 0.394 e.